The first-order valence-electron chi connectivity index (χ1n) is 10.7. The zero-order valence-electron chi connectivity index (χ0n) is 17.8. The summed E-state index contributed by atoms with van der Waals surface area (Å²) in [5.74, 6) is -0.879. The van der Waals surface area contributed by atoms with Gasteiger partial charge in [0, 0.05) is 29.7 Å². The Morgan fingerprint density at radius 3 is 2.67 bits per heavy atom. The molecule has 8 nitrogen and oxygen atoms in total. The van der Waals surface area contributed by atoms with Crippen molar-refractivity contribution in [3.8, 4) is 0 Å². The van der Waals surface area contributed by atoms with Gasteiger partial charge in [0.05, 0.1) is 11.3 Å². The molecule has 0 bridgehead atoms. The molecule has 10 heteroatoms. The molecule has 4 rings (SSSR count). The standard InChI is InChI=1S/C23H24ClN3O5S/c24-18-4-7-20(8-5-18)33(31,32)27-10-9-25-23(30)21(27)13-22(29)26-19-6-3-16-11-15(14-28)1-2-17(16)12-19/h1-2,4-5,7-8,11,14,19,21H,3,6,9-10,12-13H2,(H,25,30)(H,26,29)/t19?,21-/m1/s1. The number of aryl methyl sites for hydroxylation is 1. The fourth-order valence-electron chi connectivity index (χ4n) is 4.35. The van der Waals surface area contributed by atoms with E-state index in [0.717, 1.165) is 28.1 Å². The second kappa shape index (κ2) is 9.62. The predicted molar refractivity (Wildman–Crippen MR) is 123 cm³/mol. The number of benzene rings is 2. The Bertz CT molecular complexity index is 1180. The van der Waals surface area contributed by atoms with Crippen molar-refractivity contribution in [2.24, 2.45) is 0 Å². The van der Waals surface area contributed by atoms with Gasteiger partial charge in [-0.1, -0.05) is 23.7 Å². The van der Waals surface area contributed by atoms with E-state index in [1.807, 2.05) is 12.1 Å². The Hall–Kier alpha value is -2.75. The number of hydrogen-bond acceptors (Lipinski definition) is 5. The van der Waals surface area contributed by atoms with Crippen LogP contribution in [0.25, 0.3) is 0 Å². The molecule has 1 unspecified atom stereocenters. The van der Waals surface area contributed by atoms with Gasteiger partial charge in [-0.25, -0.2) is 8.42 Å². The molecule has 1 saturated heterocycles. The Balaban J connectivity index is 1.45. The van der Waals surface area contributed by atoms with E-state index >= 15 is 0 Å². The van der Waals surface area contributed by atoms with Gasteiger partial charge in [0.15, 0.2) is 0 Å². The molecular weight excluding hydrogens is 466 g/mol. The van der Waals surface area contributed by atoms with Crippen LogP contribution in [-0.2, 0) is 32.5 Å². The van der Waals surface area contributed by atoms with Gasteiger partial charge < -0.3 is 10.6 Å². The van der Waals surface area contributed by atoms with Crippen molar-refractivity contribution in [1.29, 1.82) is 0 Å². The summed E-state index contributed by atoms with van der Waals surface area (Å²) in [4.78, 5) is 36.4. The number of amides is 2. The Kier molecular flexibility index (Phi) is 6.83. The summed E-state index contributed by atoms with van der Waals surface area (Å²) in [5, 5.41) is 6.00. The number of fused-ring (bicyclic) bond motifs is 1. The van der Waals surface area contributed by atoms with E-state index in [0.29, 0.717) is 23.4 Å². The molecule has 0 aromatic heterocycles. The molecule has 1 aliphatic carbocycles. The quantitative estimate of drug-likeness (QED) is 0.600. The van der Waals surface area contributed by atoms with E-state index < -0.39 is 22.0 Å². The topological polar surface area (TPSA) is 113 Å². The molecule has 1 fully saturated rings. The highest BCUT2D eigenvalue weighted by Crippen LogP contribution is 2.25. The van der Waals surface area contributed by atoms with Gasteiger partial charge in [0.2, 0.25) is 21.8 Å². The molecule has 2 N–H and O–H groups in total. The highest BCUT2D eigenvalue weighted by molar-refractivity contribution is 7.89. The number of hydrogen-bond donors (Lipinski definition) is 2. The van der Waals surface area contributed by atoms with Crippen LogP contribution in [0.2, 0.25) is 5.02 Å². The van der Waals surface area contributed by atoms with E-state index in [4.69, 9.17) is 11.6 Å². The fraction of sp³-hybridized carbons (Fsp3) is 0.348. The number of carbonyl (C=O) groups is 3. The fourth-order valence-corrected chi connectivity index (χ4v) is 6.07. The van der Waals surface area contributed by atoms with Crippen molar-refractivity contribution in [1.82, 2.24) is 14.9 Å². The van der Waals surface area contributed by atoms with Gasteiger partial charge in [-0.3, -0.25) is 14.4 Å². The van der Waals surface area contributed by atoms with E-state index in [9.17, 15) is 22.8 Å². The summed E-state index contributed by atoms with van der Waals surface area (Å²) in [6, 6.07) is 9.97. The number of nitrogens with zero attached hydrogens (tertiary/aromatic N) is 1. The van der Waals surface area contributed by atoms with Crippen LogP contribution in [0.5, 0.6) is 0 Å². The molecule has 2 aromatic carbocycles. The van der Waals surface area contributed by atoms with Crippen LogP contribution < -0.4 is 10.6 Å². The number of piperazine rings is 1. The number of rotatable bonds is 6. The first kappa shape index (κ1) is 23.4. The Morgan fingerprint density at radius 1 is 1.18 bits per heavy atom. The number of halogens is 1. The lowest BCUT2D eigenvalue weighted by Crippen LogP contribution is -2.58. The van der Waals surface area contributed by atoms with Gasteiger partial charge in [-0.2, -0.15) is 4.31 Å². The smallest absolute Gasteiger partial charge is 0.243 e. The van der Waals surface area contributed by atoms with Crippen LogP contribution in [-0.4, -0.2) is 56.0 Å². The van der Waals surface area contributed by atoms with Crippen LogP contribution in [0.4, 0.5) is 0 Å². The molecule has 2 amide bonds. The van der Waals surface area contributed by atoms with E-state index in [1.165, 1.54) is 24.3 Å². The predicted octanol–water partition coefficient (Wildman–Crippen LogP) is 1.71. The highest BCUT2D eigenvalue weighted by atomic mass is 35.5. The SMILES string of the molecule is O=Cc1ccc2c(c1)CCC(NC(=O)C[C@@H]1C(=O)NCCN1S(=O)(=O)c1ccc(Cl)cc1)C2. The molecule has 1 heterocycles. The molecule has 1 aliphatic heterocycles. The lowest BCUT2D eigenvalue weighted by molar-refractivity contribution is -0.131. The zero-order chi connectivity index (χ0) is 23.6. The Morgan fingerprint density at radius 2 is 1.94 bits per heavy atom. The molecule has 33 heavy (non-hydrogen) atoms. The summed E-state index contributed by atoms with van der Waals surface area (Å²) >= 11 is 5.87. The first-order valence-corrected chi connectivity index (χ1v) is 12.5. The van der Waals surface area contributed by atoms with Crippen LogP contribution in [0.15, 0.2) is 47.4 Å². The number of sulfonamides is 1. The van der Waals surface area contributed by atoms with Crippen molar-refractivity contribution in [2.75, 3.05) is 13.1 Å². The minimum atomic E-state index is -3.98. The van der Waals surface area contributed by atoms with Crippen LogP contribution in [0.1, 0.15) is 34.3 Å². The van der Waals surface area contributed by atoms with E-state index in [-0.39, 0.29) is 36.4 Å². The third-order valence-corrected chi connectivity index (χ3v) is 8.22. The zero-order valence-corrected chi connectivity index (χ0v) is 19.4. The number of nitrogens with one attached hydrogen (secondary N) is 2. The third kappa shape index (κ3) is 5.10. The summed E-state index contributed by atoms with van der Waals surface area (Å²) in [6.07, 6.45) is 2.58. The van der Waals surface area contributed by atoms with Crippen molar-refractivity contribution in [2.45, 2.75) is 42.7 Å². The van der Waals surface area contributed by atoms with Crippen molar-refractivity contribution in [3.05, 3.63) is 64.2 Å². The molecule has 2 aliphatic rings. The average molecular weight is 490 g/mol. The molecule has 2 aromatic rings. The lowest BCUT2D eigenvalue weighted by atomic mass is 9.87. The van der Waals surface area contributed by atoms with Crippen molar-refractivity contribution >= 4 is 39.7 Å². The van der Waals surface area contributed by atoms with Crippen LogP contribution >= 0.6 is 11.6 Å². The molecule has 0 saturated carbocycles. The van der Waals surface area contributed by atoms with Gasteiger partial charge >= 0.3 is 0 Å². The maximum atomic E-state index is 13.2. The summed E-state index contributed by atoms with van der Waals surface area (Å²) in [5.41, 5.74) is 2.79. The van der Waals surface area contributed by atoms with E-state index in [2.05, 4.69) is 10.6 Å². The highest BCUT2D eigenvalue weighted by Gasteiger charge is 2.40. The number of carbonyl (C=O) groups excluding carboxylic acids is 3. The minimum Gasteiger partial charge on any atom is -0.353 e. The molecule has 174 valence electrons. The molecule has 0 spiro atoms. The molecule has 0 radical (unpaired) electrons. The molecular formula is C23H24ClN3O5S. The van der Waals surface area contributed by atoms with E-state index in [1.54, 1.807) is 6.07 Å². The van der Waals surface area contributed by atoms with Gasteiger partial charge in [-0.05, 0) is 60.7 Å². The second-order valence-electron chi connectivity index (χ2n) is 8.23. The summed E-state index contributed by atoms with van der Waals surface area (Å²) in [7, 11) is -3.98. The largest absolute Gasteiger partial charge is 0.353 e. The Labute approximate surface area is 197 Å². The second-order valence-corrected chi connectivity index (χ2v) is 10.6. The first-order chi connectivity index (χ1) is 15.8. The van der Waals surface area contributed by atoms with Crippen LogP contribution in [0.3, 0.4) is 0 Å². The normalized spacial score (nSPS) is 21.1. The van der Waals surface area contributed by atoms with Gasteiger partial charge in [0.1, 0.15) is 12.3 Å². The van der Waals surface area contributed by atoms with Crippen LogP contribution in [0, 0.1) is 0 Å². The maximum Gasteiger partial charge on any atom is 0.243 e. The number of aldehydes is 1. The third-order valence-electron chi connectivity index (χ3n) is 6.04. The van der Waals surface area contributed by atoms with Crippen molar-refractivity contribution < 1.29 is 22.8 Å². The molecule has 2 atom stereocenters. The van der Waals surface area contributed by atoms with Gasteiger partial charge in [-0.15, -0.1) is 0 Å². The lowest BCUT2D eigenvalue weighted by Gasteiger charge is -2.34. The minimum absolute atomic E-state index is 0.0191. The summed E-state index contributed by atoms with van der Waals surface area (Å²) < 4.78 is 27.4. The van der Waals surface area contributed by atoms with Crippen molar-refractivity contribution in [3.63, 3.8) is 0 Å². The average Bonchev–Trinajstić information content (AvgIpc) is 2.80. The summed E-state index contributed by atoms with van der Waals surface area (Å²) in [6.45, 7) is 0.247. The van der Waals surface area contributed by atoms with Gasteiger partial charge in [0.25, 0.3) is 0 Å². The maximum absolute atomic E-state index is 13.2. The monoisotopic (exact) mass is 489 g/mol.